The van der Waals surface area contributed by atoms with Gasteiger partial charge in [0.05, 0.1) is 12.2 Å². The van der Waals surface area contributed by atoms with Crippen LogP contribution in [-0.2, 0) is 11.2 Å². The molecule has 0 fully saturated rings. The second-order valence-corrected chi connectivity index (χ2v) is 6.56. The zero-order valence-electron chi connectivity index (χ0n) is 16.4. The van der Waals surface area contributed by atoms with Crippen LogP contribution in [0.5, 0.6) is 11.5 Å². The summed E-state index contributed by atoms with van der Waals surface area (Å²) in [5.74, 6) is 0.896. The van der Waals surface area contributed by atoms with Gasteiger partial charge in [-0.25, -0.2) is 4.79 Å². The standard InChI is InChI=1S/C23H30O4/c1-3-4-5-6-7-8-19-9-13-22(14-10-19)27-23(24)20-11-15-21(16-12-20)26-18-17-25-2/h9-16H,3-8,17-18H2,1-2H3. The highest BCUT2D eigenvalue weighted by Gasteiger charge is 2.09. The van der Waals surface area contributed by atoms with E-state index in [0.717, 1.165) is 6.42 Å². The van der Waals surface area contributed by atoms with Gasteiger partial charge < -0.3 is 14.2 Å². The molecule has 0 unspecified atom stereocenters. The van der Waals surface area contributed by atoms with Gasteiger partial charge in [-0.05, 0) is 54.8 Å². The summed E-state index contributed by atoms with van der Waals surface area (Å²) < 4.78 is 15.9. The number of methoxy groups -OCH3 is 1. The number of hydrogen-bond acceptors (Lipinski definition) is 4. The number of carbonyl (C=O) groups is 1. The Labute approximate surface area is 162 Å². The molecule has 0 N–H and O–H groups in total. The second-order valence-electron chi connectivity index (χ2n) is 6.56. The van der Waals surface area contributed by atoms with Crippen molar-refractivity contribution in [3.8, 4) is 11.5 Å². The molecule has 0 heterocycles. The van der Waals surface area contributed by atoms with E-state index in [9.17, 15) is 4.79 Å². The Morgan fingerprint density at radius 1 is 0.815 bits per heavy atom. The van der Waals surface area contributed by atoms with Crippen molar-refractivity contribution in [1.29, 1.82) is 0 Å². The van der Waals surface area contributed by atoms with Gasteiger partial charge in [-0.2, -0.15) is 0 Å². The summed E-state index contributed by atoms with van der Waals surface area (Å²) in [4.78, 5) is 12.3. The highest BCUT2D eigenvalue weighted by Crippen LogP contribution is 2.18. The van der Waals surface area contributed by atoms with Crippen molar-refractivity contribution in [1.82, 2.24) is 0 Å². The van der Waals surface area contributed by atoms with E-state index in [2.05, 4.69) is 6.92 Å². The Bertz CT molecular complexity index is 662. The zero-order valence-corrected chi connectivity index (χ0v) is 16.4. The lowest BCUT2D eigenvalue weighted by Crippen LogP contribution is -2.09. The summed E-state index contributed by atoms with van der Waals surface area (Å²) in [6, 6.07) is 14.7. The van der Waals surface area contributed by atoms with E-state index in [4.69, 9.17) is 14.2 Å². The number of aryl methyl sites for hydroxylation is 1. The van der Waals surface area contributed by atoms with Crippen LogP contribution in [0.3, 0.4) is 0 Å². The molecule has 0 atom stereocenters. The van der Waals surface area contributed by atoms with Crippen molar-refractivity contribution < 1.29 is 19.0 Å². The van der Waals surface area contributed by atoms with Gasteiger partial charge in [0.1, 0.15) is 18.1 Å². The van der Waals surface area contributed by atoms with E-state index in [1.54, 1.807) is 31.4 Å². The van der Waals surface area contributed by atoms with Gasteiger partial charge in [-0.3, -0.25) is 0 Å². The third kappa shape index (κ3) is 7.83. The van der Waals surface area contributed by atoms with Crippen LogP contribution in [-0.4, -0.2) is 26.3 Å². The maximum Gasteiger partial charge on any atom is 0.343 e. The molecule has 4 nitrogen and oxygen atoms in total. The van der Waals surface area contributed by atoms with Gasteiger partial charge in [-0.1, -0.05) is 44.7 Å². The van der Waals surface area contributed by atoms with Crippen molar-refractivity contribution >= 4 is 5.97 Å². The zero-order chi connectivity index (χ0) is 19.3. The molecule has 0 amide bonds. The molecule has 27 heavy (non-hydrogen) atoms. The fourth-order valence-corrected chi connectivity index (χ4v) is 2.75. The van der Waals surface area contributed by atoms with Crippen LogP contribution in [0.25, 0.3) is 0 Å². The first-order valence-electron chi connectivity index (χ1n) is 9.76. The highest BCUT2D eigenvalue weighted by molar-refractivity contribution is 5.91. The van der Waals surface area contributed by atoms with Crippen molar-refractivity contribution in [2.45, 2.75) is 45.4 Å². The fourth-order valence-electron chi connectivity index (χ4n) is 2.75. The third-order valence-corrected chi connectivity index (χ3v) is 4.35. The number of esters is 1. The summed E-state index contributed by atoms with van der Waals surface area (Å²) in [5.41, 5.74) is 1.78. The minimum Gasteiger partial charge on any atom is -0.491 e. The molecule has 0 aliphatic carbocycles. The SMILES string of the molecule is CCCCCCCc1ccc(OC(=O)c2ccc(OCCOC)cc2)cc1. The maximum atomic E-state index is 12.3. The smallest absolute Gasteiger partial charge is 0.343 e. The van der Waals surface area contributed by atoms with E-state index >= 15 is 0 Å². The predicted octanol–water partition coefficient (Wildman–Crippen LogP) is 5.44. The summed E-state index contributed by atoms with van der Waals surface area (Å²) in [5, 5.41) is 0. The predicted molar refractivity (Wildman–Crippen MR) is 108 cm³/mol. The van der Waals surface area contributed by atoms with Gasteiger partial charge in [-0.15, -0.1) is 0 Å². The molecule has 0 radical (unpaired) electrons. The van der Waals surface area contributed by atoms with Gasteiger partial charge in [0.25, 0.3) is 0 Å². The topological polar surface area (TPSA) is 44.8 Å². The Balaban J connectivity index is 1.79. The van der Waals surface area contributed by atoms with Gasteiger partial charge in [0.2, 0.25) is 0 Å². The largest absolute Gasteiger partial charge is 0.491 e. The Morgan fingerprint density at radius 3 is 2.15 bits per heavy atom. The van der Waals surface area contributed by atoms with Gasteiger partial charge in [0, 0.05) is 7.11 Å². The number of ether oxygens (including phenoxy) is 3. The molecule has 2 aromatic carbocycles. The van der Waals surface area contributed by atoms with Gasteiger partial charge in [0.15, 0.2) is 0 Å². The minimum absolute atomic E-state index is 0.370. The fraction of sp³-hybridized carbons (Fsp3) is 0.435. The lowest BCUT2D eigenvalue weighted by molar-refractivity contribution is 0.0734. The summed E-state index contributed by atoms with van der Waals surface area (Å²) in [6.45, 7) is 3.23. The Kier molecular flexibility index (Phi) is 9.42. The number of benzene rings is 2. The number of unbranched alkanes of at least 4 members (excludes halogenated alkanes) is 4. The first-order valence-corrected chi connectivity index (χ1v) is 9.76. The lowest BCUT2D eigenvalue weighted by Gasteiger charge is -2.08. The van der Waals surface area contributed by atoms with E-state index in [0.29, 0.717) is 30.3 Å². The Hall–Kier alpha value is -2.33. The van der Waals surface area contributed by atoms with E-state index < -0.39 is 0 Å². The van der Waals surface area contributed by atoms with Crippen molar-refractivity contribution in [2.75, 3.05) is 20.3 Å². The summed E-state index contributed by atoms with van der Waals surface area (Å²) >= 11 is 0. The quantitative estimate of drug-likeness (QED) is 0.283. The molecule has 2 rings (SSSR count). The van der Waals surface area contributed by atoms with Crippen LogP contribution in [0.1, 0.15) is 54.9 Å². The first-order chi connectivity index (χ1) is 13.2. The average Bonchev–Trinajstić information content (AvgIpc) is 2.70. The molecule has 0 spiro atoms. The van der Waals surface area contributed by atoms with E-state index in [1.807, 2.05) is 24.3 Å². The summed E-state index contributed by atoms with van der Waals surface area (Å²) in [6.07, 6.45) is 7.44. The maximum absolute atomic E-state index is 12.3. The van der Waals surface area contributed by atoms with Crippen LogP contribution in [0.4, 0.5) is 0 Å². The van der Waals surface area contributed by atoms with Crippen LogP contribution < -0.4 is 9.47 Å². The monoisotopic (exact) mass is 370 g/mol. The lowest BCUT2D eigenvalue weighted by atomic mass is 10.1. The molecular weight excluding hydrogens is 340 g/mol. The molecule has 4 heteroatoms. The first kappa shape index (κ1) is 21.0. The summed E-state index contributed by atoms with van der Waals surface area (Å²) in [7, 11) is 1.63. The normalized spacial score (nSPS) is 10.6. The van der Waals surface area contributed by atoms with E-state index in [1.165, 1.54) is 37.7 Å². The number of hydrogen-bond donors (Lipinski definition) is 0. The van der Waals surface area contributed by atoms with Crippen molar-refractivity contribution in [3.63, 3.8) is 0 Å². The third-order valence-electron chi connectivity index (χ3n) is 4.35. The minimum atomic E-state index is -0.370. The van der Waals surface area contributed by atoms with Crippen molar-refractivity contribution in [2.24, 2.45) is 0 Å². The second kappa shape index (κ2) is 12.1. The van der Waals surface area contributed by atoms with Gasteiger partial charge >= 0.3 is 5.97 Å². The highest BCUT2D eigenvalue weighted by atomic mass is 16.5. The molecule has 0 saturated carbocycles. The molecule has 2 aromatic rings. The van der Waals surface area contributed by atoms with Crippen LogP contribution in [0, 0.1) is 0 Å². The molecular formula is C23H30O4. The van der Waals surface area contributed by atoms with Crippen LogP contribution in [0.15, 0.2) is 48.5 Å². The molecule has 0 saturated heterocycles. The number of rotatable bonds is 12. The van der Waals surface area contributed by atoms with E-state index in [-0.39, 0.29) is 5.97 Å². The Morgan fingerprint density at radius 2 is 1.48 bits per heavy atom. The average molecular weight is 370 g/mol. The van der Waals surface area contributed by atoms with Crippen molar-refractivity contribution in [3.05, 3.63) is 59.7 Å². The molecule has 0 aromatic heterocycles. The number of carbonyl (C=O) groups excluding carboxylic acids is 1. The van der Waals surface area contributed by atoms with Crippen LogP contribution >= 0.6 is 0 Å². The molecule has 0 aliphatic rings. The van der Waals surface area contributed by atoms with Crippen LogP contribution in [0.2, 0.25) is 0 Å². The molecule has 0 bridgehead atoms. The molecule has 146 valence electrons. The molecule has 0 aliphatic heterocycles.